The van der Waals surface area contributed by atoms with Crippen LogP contribution in [-0.2, 0) is 9.53 Å². The number of benzene rings is 1. The van der Waals surface area contributed by atoms with Gasteiger partial charge in [-0.15, -0.1) is 0 Å². The number of hydrogen-bond donors (Lipinski definition) is 1. The summed E-state index contributed by atoms with van der Waals surface area (Å²) in [5.41, 5.74) is 0.348. The normalized spacial score (nSPS) is 17.3. The Morgan fingerprint density at radius 1 is 1.52 bits per heavy atom. The third-order valence-corrected chi connectivity index (χ3v) is 3.25. The average Bonchev–Trinajstić information content (AvgIpc) is 3.04. The Balaban J connectivity index is 1.81. The second-order valence-corrected chi connectivity index (χ2v) is 4.75. The van der Waals surface area contributed by atoms with Crippen LogP contribution in [0, 0.1) is 0 Å². The molecule has 6 heteroatoms. The molecule has 6 nitrogen and oxygen atoms in total. The summed E-state index contributed by atoms with van der Waals surface area (Å²) in [7, 11) is 1.52. The fraction of sp³-hybridized carbons (Fsp3) is 0.467. The molecule has 0 spiro atoms. The first-order valence-electron chi connectivity index (χ1n) is 6.87. The molecule has 21 heavy (non-hydrogen) atoms. The van der Waals surface area contributed by atoms with Crippen molar-refractivity contribution in [2.75, 3.05) is 26.9 Å². The van der Waals surface area contributed by atoms with Crippen LogP contribution in [0.2, 0.25) is 0 Å². The van der Waals surface area contributed by atoms with Gasteiger partial charge in [-0.25, -0.2) is 0 Å². The molecule has 1 N–H and O–H groups in total. The molecule has 0 bridgehead atoms. The first-order chi connectivity index (χ1) is 10.2. The van der Waals surface area contributed by atoms with Crippen LogP contribution in [0.3, 0.4) is 0 Å². The third kappa shape index (κ3) is 4.46. The van der Waals surface area contributed by atoms with Crippen molar-refractivity contribution in [2.45, 2.75) is 18.9 Å². The van der Waals surface area contributed by atoms with Gasteiger partial charge in [-0.1, -0.05) is 0 Å². The zero-order valence-electron chi connectivity index (χ0n) is 12.0. The van der Waals surface area contributed by atoms with Gasteiger partial charge < -0.3 is 19.5 Å². The summed E-state index contributed by atoms with van der Waals surface area (Å²) in [6.07, 6.45) is 2.77. The Hall–Kier alpha value is -2.08. The van der Waals surface area contributed by atoms with E-state index in [4.69, 9.17) is 14.2 Å². The Bertz CT molecular complexity index is 497. The molecule has 0 radical (unpaired) electrons. The Morgan fingerprint density at radius 2 is 2.38 bits per heavy atom. The Kier molecular flexibility index (Phi) is 5.57. The van der Waals surface area contributed by atoms with Crippen LogP contribution in [0.15, 0.2) is 18.2 Å². The van der Waals surface area contributed by atoms with Crippen LogP contribution < -0.4 is 14.8 Å². The van der Waals surface area contributed by atoms with E-state index in [1.54, 1.807) is 18.2 Å². The van der Waals surface area contributed by atoms with E-state index >= 15 is 0 Å². The molecule has 1 saturated heterocycles. The van der Waals surface area contributed by atoms with Gasteiger partial charge in [-0.05, 0) is 31.0 Å². The molecule has 1 aromatic carbocycles. The van der Waals surface area contributed by atoms with E-state index in [9.17, 15) is 9.59 Å². The summed E-state index contributed by atoms with van der Waals surface area (Å²) < 4.78 is 15.8. The minimum absolute atomic E-state index is 0.0977. The molecular formula is C15H19NO5. The molecule has 114 valence electrons. The predicted molar refractivity (Wildman–Crippen MR) is 75.9 cm³/mol. The maximum absolute atomic E-state index is 11.7. The number of aldehydes is 1. The molecule has 0 aliphatic carbocycles. The SMILES string of the molecule is COc1ccc(OCC(=O)NC[C@@H]2CCCO2)c(C=O)c1. The monoisotopic (exact) mass is 293 g/mol. The molecule has 0 saturated carbocycles. The van der Waals surface area contributed by atoms with Gasteiger partial charge in [0.2, 0.25) is 0 Å². The van der Waals surface area contributed by atoms with Crippen molar-refractivity contribution in [1.82, 2.24) is 5.32 Å². The van der Waals surface area contributed by atoms with E-state index in [0.29, 0.717) is 29.9 Å². The molecule has 0 unspecified atom stereocenters. The van der Waals surface area contributed by atoms with E-state index in [0.717, 1.165) is 19.4 Å². The molecule has 1 heterocycles. The minimum atomic E-state index is -0.238. The van der Waals surface area contributed by atoms with E-state index in [-0.39, 0.29) is 18.6 Å². The van der Waals surface area contributed by atoms with E-state index in [1.807, 2.05) is 0 Å². The van der Waals surface area contributed by atoms with Crippen molar-refractivity contribution in [3.05, 3.63) is 23.8 Å². The highest BCUT2D eigenvalue weighted by Crippen LogP contribution is 2.22. The van der Waals surface area contributed by atoms with Gasteiger partial charge in [0, 0.05) is 13.2 Å². The Morgan fingerprint density at radius 3 is 3.05 bits per heavy atom. The lowest BCUT2D eigenvalue weighted by Crippen LogP contribution is -2.35. The summed E-state index contributed by atoms with van der Waals surface area (Å²) >= 11 is 0. The second kappa shape index (κ2) is 7.64. The highest BCUT2D eigenvalue weighted by Gasteiger charge is 2.16. The number of carbonyl (C=O) groups excluding carboxylic acids is 2. The molecule has 1 aromatic rings. The summed E-state index contributed by atoms with van der Waals surface area (Å²) in [5.74, 6) is 0.684. The molecule has 0 aromatic heterocycles. The van der Waals surface area contributed by atoms with Gasteiger partial charge in [0.25, 0.3) is 5.91 Å². The van der Waals surface area contributed by atoms with Crippen molar-refractivity contribution < 1.29 is 23.8 Å². The predicted octanol–water partition coefficient (Wildman–Crippen LogP) is 1.18. The van der Waals surface area contributed by atoms with Crippen LogP contribution in [0.1, 0.15) is 23.2 Å². The molecule has 1 atom stereocenters. The van der Waals surface area contributed by atoms with Crippen molar-refractivity contribution in [2.24, 2.45) is 0 Å². The van der Waals surface area contributed by atoms with Crippen LogP contribution in [0.4, 0.5) is 0 Å². The van der Waals surface area contributed by atoms with Crippen LogP contribution in [0.25, 0.3) is 0 Å². The number of methoxy groups -OCH3 is 1. The fourth-order valence-corrected chi connectivity index (χ4v) is 2.10. The maximum Gasteiger partial charge on any atom is 0.258 e. The summed E-state index contributed by atoms with van der Waals surface area (Å²) in [6, 6.07) is 4.84. The highest BCUT2D eigenvalue weighted by atomic mass is 16.5. The number of nitrogens with one attached hydrogen (secondary N) is 1. The van der Waals surface area contributed by atoms with Crippen molar-refractivity contribution >= 4 is 12.2 Å². The average molecular weight is 293 g/mol. The number of amides is 1. The second-order valence-electron chi connectivity index (χ2n) is 4.75. The van der Waals surface area contributed by atoms with Gasteiger partial charge in [-0.3, -0.25) is 9.59 Å². The zero-order chi connectivity index (χ0) is 15.1. The third-order valence-electron chi connectivity index (χ3n) is 3.25. The topological polar surface area (TPSA) is 73.9 Å². The fourth-order valence-electron chi connectivity index (χ4n) is 2.10. The summed E-state index contributed by atoms with van der Waals surface area (Å²) in [6.45, 7) is 1.11. The largest absolute Gasteiger partial charge is 0.497 e. The Labute approximate surface area is 123 Å². The molecule has 1 fully saturated rings. The molecule has 1 amide bonds. The summed E-state index contributed by atoms with van der Waals surface area (Å²) in [5, 5.41) is 2.75. The van der Waals surface area contributed by atoms with E-state index in [1.165, 1.54) is 7.11 Å². The molecule has 2 rings (SSSR count). The molecular weight excluding hydrogens is 274 g/mol. The van der Waals surface area contributed by atoms with Crippen molar-refractivity contribution in [3.8, 4) is 11.5 Å². The van der Waals surface area contributed by atoms with E-state index in [2.05, 4.69) is 5.32 Å². The summed E-state index contributed by atoms with van der Waals surface area (Å²) in [4.78, 5) is 22.7. The van der Waals surface area contributed by atoms with Crippen molar-refractivity contribution in [3.63, 3.8) is 0 Å². The molecule has 1 aliphatic rings. The van der Waals surface area contributed by atoms with E-state index < -0.39 is 0 Å². The highest BCUT2D eigenvalue weighted by molar-refractivity contribution is 5.81. The van der Waals surface area contributed by atoms with Crippen molar-refractivity contribution in [1.29, 1.82) is 0 Å². The zero-order valence-corrected chi connectivity index (χ0v) is 12.0. The van der Waals surface area contributed by atoms with Gasteiger partial charge >= 0.3 is 0 Å². The number of hydrogen-bond acceptors (Lipinski definition) is 5. The maximum atomic E-state index is 11.7. The van der Waals surface area contributed by atoms with Gasteiger partial charge in [0.1, 0.15) is 11.5 Å². The first-order valence-corrected chi connectivity index (χ1v) is 6.87. The van der Waals surface area contributed by atoms with Crippen LogP contribution in [0.5, 0.6) is 11.5 Å². The first kappa shape index (κ1) is 15.3. The lowest BCUT2D eigenvalue weighted by Gasteiger charge is -2.12. The number of rotatable bonds is 7. The van der Waals surface area contributed by atoms with Crippen LogP contribution in [-0.4, -0.2) is 45.2 Å². The lowest BCUT2D eigenvalue weighted by molar-refractivity contribution is -0.123. The number of carbonyl (C=O) groups is 2. The quantitative estimate of drug-likeness (QED) is 0.764. The number of ether oxygens (including phenoxy) is 3. The van der Waals surface area contributed by atoms with Gasteiger partial charge in [0.15, 0.2) is 12.9 Å². The minimum Gasteiger partial charge on any atom is -0.497 e. The standard InChI is InChI=1S/C15H19NO5/c1-19-12-4-5-14(11(7-12)9-17)21-10-15(18)16-8-13-3-2-6-20-13/h4-5,7,9,13H,2-3,6,8,10H2,1H3,(H,16,18)/t13-/m0/s1. The van der Waals surface area contributed by atoms with Gasteiger partial charge in [-0.2, -0.15) is 0 Å². The smallest absolute Gasteiger partial charge is 0.258 e. The van der Waals surface area contributed by atoms with Gasteiger partial charge in [0.05, 0.1) is 18.8 Å². The lowest BCUT2D eigenvalue weighted by atomic mass is 10.2. The molecule has 1 aliphatic heterocycles. The van der Waals surface area contributed by atoms with Crippen LogP contribution >= 0.6 is 0 Å².